The zero-order valence-electron chi connectivity index (χ0n) is 14.8. The van der Waals surface area contributed by atoms with E-state index in [9.17, 15) is 4.79 Å². The Labute approximate surface area is 160 Å². The number of hydrogen-bond donors (Lipinski definition) is 1. The summed E-state index contributed by atoms with van der Waals surface area (Å²) in [7, 11) is 3.05. The summed E-state index contributed by atoms with van der Waals surface area (Å²) in [5.41, 5.74) is 1.88. The predicted octanol–water partition coefficient (Wildman–Crippen LogP) is 4.33. The SMILES string of the molecule is COc1cccc(C(=O)Nc2c(-c3cccs3)nc3ccccn23)c1OC. The van der Waals surface area contributed by atoms with Gasteiger partial charge in [0.2, 0.25) is 0 Å². The lowest BCUT2D eigenvalue weighted by Gasteiger charge is -2.13. The van der Waals surface area contributed by atoms with Gasteiger partial charge in [0.25, 0.3) is 5.91 Å². The molecule has 3 aromatic heterocycles. The van der Waals surface area contributed by atoms with Crippen LogP contribution in [0.25, 0.3) is 16.2 Å². The lowest BCUT2D eigenvalue weighted by molar-refractivity contribution is 0.102. The summed E-state index contributed by atoms with van der Waals surface area (Å²) in [6, 6.07) is 14.9. The van der Waals surface area contributed by atoms with Crippen LogP contribution in [0.15, 0.2) is 60.1 Å². The third kappa shape index (κ3) is 3.02. The molecule has 27 heavy (non-hydrogen) atoms. The number of amides is 1. The first-order valence-electron chi connectivity index (χ1n) is 8.26. The smallest absolute Gasteiger partial charge is 0.260 e. The molecule has 0 aliphatic rings. The summed E-state index contributed by atoms with van der Waals surface area (Å²) in [5, 5.41) is 4.98. The van der Waals surface area contributed by atoms with Crippen LogP contribution in [0.5, 0.6) is 11.5 Å². The number of anilines is 1. The Morgan fingerprint density at radius 1 is 1.07 bits per heavy atom. The van der Waals surface area contributed by atoms with E-state index < -0.39 is 0 Å². The number of imidazole rings is 1. The molecule has 4 aromatic rings. The molecule has 0 aliphatic heterocycles. The summed E-state index contributed by atoms with van der Waals surface area (Å²) in [4.78, 5) is 18.7. The molecular weight excluding hydrogens is 362 g/mol. The second-order valence-corrected chi connectivity index (χ2v) is 6.66. The van der Waals surface area contributed by atoms with Gasteiger partial charge in [-0.15, -0.1) is 11.3 Å². The highest BCUT2D eigenvalue weighted by Gasteiger charge is 2.21. The normalized spacial score (nSPS) is 10.7. The second kappa shape index (κ2) is 7.13. The third-order valence-electron chi connectivity index (χ3n) is 4.16. The first-order chi connectivity index (χ1) is 13.2. The molecule has 6 nitrogen and oxygen atoms in total. The summed E-state index contributed by atoms with van der Waals surface area (Å²) in [5.74, 6) is 1.21. The highest BCUT2D eigenvalue weighted by Crippen LogP contribution is 2.34. The average Bonchev–Trinajstić information content (AvgIpc) is 3.35. The Morgan fingerprint density at radius 2 is 1.96 bits per heavy atom. The van der Waals surface area contributed by atoms with Crippen LogP contribution in [-0.4, -0.2) is 29.5 Å². The van der Waals surface area contributed by atoms with Crippen molar-refractivity contribution in [3.05, 3.63) is 65.7 Å². The minimum absolute atomic E-state index is 0.297. The highest BCUT2D eigenvalue weighted by atomic mass is 32.1. The van der Waals surface area contributed by atoms with Gasteiger partial charge in [0.05, 0.1) is 24.7 Å². The summed E-state index contributed by atoms with van der Waals surface area (Å²) < 4.78 is 12.5. The Bertz CT molecular complexity index is 1100. The Morgan fingerprint density at radius 3 is 2.70 bits per heavy atom. The number of nitrogens with one attached hydrogen (secondary N) is 1. The van der Waals surface area contributed by atoms with Gasteiger partial charge in [0, 0.05) is 6.20 Å². The number of ether oxygens (including phenoxy) is 2. The van der Waals surface area contributed by atoms with Crippen LogP contribution >= 0.6 is 11.3 Å². The molecule has 0 atom stereocenters. The number of thiophene rings is 1. The molecule has 3 heterocycles. The monoisotopic (exact) mass is 379 g/mol. The van der Waals surface area contributed by atoms with E-state index in [2.05, 4.69) is 10.3 Å². The molecule has 0 saturated heterocycles. The molecule has 0 spiro atoms. The largest absolute Gasteiger partial charge is 0.493 e. The van der Waals surface area contributed by atoms with Crippen molar-refractivity contribution in [3.63, 3.8) is 0 Å². The molecule has 1 N–H and O–H groups in total. The number of carbonyl (C=O) groups is 1. The number of nitrogens with zero attached hydrogens (tertiary/aromatic N) is 2. The average molecular weight is 379 g/mol. The lowest BCUT2D eigenvalue weighted by Crippen LogP contribution is -2.15. The Hall–Kier alpha value is -3.32. The van der Waals surface area contributed by atoms with E-state index in [1.165, 1.54) is 7.11 Å². The zero-order valence-corrected chi connectivity index (χ0v) is 15.6. The fraction of sp³-hybridized carbons (Fsp3) is 0.100. The fourth-order valence-electron chi connectivity index (χ4n) is 2.94. The molecule has 0 unspecified atom stereocenters. The van der Waals surface area contributed by atoms with Crippen molar-refractivity contribution < 1.29 is 14.3 Å². The maximum absolute atomic E-state index is 13.0. The van der Waals surface area contributed by atoms with Crippen molar-refractivity contribution in [3.8, 4) is 22.1 Å². The summed E-state index contributed by atoms with van der Waals surface area (Å²) >= 11 is 1.57. The number of rotatable bonds is 5. The van der Waals surface area contributed by atoms with E-state index in [1.807, 2.05) is 46.3 Å². The van der Waals surface area contributed by atoms with Gasteiger partial charge in [-0.3, -0.25) is 9.20 Å². The highest BCUT2D eigenvalue weighted by molar-refractivity contribution is 7.13. The van der Waals surface area contributed by atoms with Gasteiger partial charge in [-0.2, -0.15) is 0 Å². The zero-order chi connectivity index (χ0) is 18.8. The van der Waals surface area contributed by atoms with Crippen molar-refractivity contribution in [1.82, 2.24) is 9.38 Å². The fourth-order valence-corrected chi connectivity index (χ4v) is 3.66. The number of fused-ring (bicyclic) bond motifs is 1. The number of pyridine rings is 1. The van der Waals surface area contributed by atoms with Crippen molar-refractivity contribution in [2.24, 2.45) is 0 Å². The molecule has 0 bridgehead atoms. The van der Waals surface area contributed by atoms with Crippen molar-refractivity contribution in [2.75, 3.05) is 19.5 Å². The van der Waals surface area contributed by atoms with Gasteiger partial charge in [-0.1, -0.05) is 18.2 Å². The first kappa shape index (κ1) is 17.1. The van der Waals surface area contributed by atoms with Gasteiger partial charge < -0.3 is 14.8 Å². The third-order valence-corrected chi connectivity index (χ3v) is 5.04. The van der Waals surface area contributed by atoms with Gasteiger partial charge >= 0.3 is 0 Å². The van der Waals surface area contributed by atoms with Crippen LogP contribution in [0.4, 0.5) is 5.82 Å². The molecule has 1 aromatic carbocycles. The topological polar surface area (TPSA) is 64.9 Å². The summed E-state index contributed by atoms with van der Waals surface area (Å²) in [6.45, 7) is 0. The molecule has 0 radical (unpaired) electrons. The van der Waals surface area contributed by atoms with Gasteiger partial charge in [-0.05, 0) is 35.7 Å². The van der Waals surface area contributed by atoms with Gasteiger partial charge in [0.1, 0.15) is 17.2 Å². The quantitative estimate of drug-likeness (QED) is 0.560. The minimum atomic E-state index is -0.297. The van der Waals surface area contributed by atoms with E-state index in [1.54, 1.807) is 36.6 Å². The Balaban J connectivity index is 1.80. The molecule has 0 saturated carbocycles. The second-order valence-electron chi connectivity index (χ2n) is 5.71. The van der Waals surface area contributed by atoms with Crippen molar-refractivity contribution in [2.45, 2.75) is 0 Å². The van der Waals surface area contributed by atoms with Gasteiger partial charge in [-0.25, -0.2) is 4.98 Å². The van der Waals surface area contributed by atoms with Crippen molar-refractivity contribution >= 4 is 28.7 Å². The van der Waals surface area contributed by atoms with Gasteiger partial charge in [0.15, 0.2) is 11.5 Å². The maximum atomic E-state index is 13.0. The number of aromatic nitrogens is 2. The standard InChI is InChI=1S/C20H17N3O3S/c1-25-14-8-5-7-13(18(14)26-2)20(24)22-19-17(15-9-6-12-27-15)21-16-10-3-4-11-23(16)19/h3-12H,1-2H3,(H,22,24). The maximum Gasteiger partial charge on any atom is 0.260 e. The van der Waals surface area contributed by atoms with E-state index in [-0.39, 0.29) is 5.91 Å². The molecule has 0 fully saturated rings. The molecular formula is C20H17N3O3S. The molecule has 0 aliphatic carbocycles. The number of methoxy groups -OCH3 is 2. The number of carbonyl (C=O) groups excluding carboxylic acids is 1. The van der Waals surface area contributed by atoms with E-state index in [4.69, 9.17) is 9.47 Å². The number of benzene rings is 1. The molecule has 4 rings (SSSR count). The Kier molecular flexibility index (Phi) is 4.52. The van der Waals surface area contributed by atoms with Crippen LogP contribution in [0, 0.1) is 0 Å². The molecule has 136 valence electrons. The lowest BCUT2D eigenvalue weighted by atomic mass is 10.1. The van der Waals surface area contributed by atoms with Crippen LogP contribution in [0.1, 0.15) is 10.4 Å². The molecule has 1 amide bonds. The predicted molar refractivity (Wildman–Crippen MR) is 106 cm³/mol. The first-order valence-corrected chi connectivity index (χ1v) is 9.14. The van der Waals surface area contributed by atoms with Crippen LogP contribution in [-0.2, 0) is 0 Å². The van der Waals surface area contributed by atoms with Crippen LogP contribution in [0.3, 0.4) is 0 Å². The van der Waals surface area contributed by atoms with E-state index >= 15 is 0 Å². The van der Waals surface area contributed by atoms with Crippen LogP contribution < -0.4 is 14.8 Å². The summed E-state index contributed by atoms with van der Waals surface area (Å²) in [6.07, 6.45) is 1.87. The number of hydrogen-bond acceptors (Lipinski definition) is 5. The minimum Gasteiger partial charge on any atom is -0.493 e. The van der Waals surface area contributed by atoms with E-state index in [0.29, 0.717) is 22.9 Å². The van der Waals surface area contributed by atoms with Crippen molar-refractivity contribution in [1.29, 1.82) is 0 Å². The molecule has 7 heteroatoms. The van der Waals surface area contributed by atoms with E-state index in [0.717, 1.165) is 16.2 Å². The van der Waals surface area contributed by atoms with Crippen LogP contribution in [0.2, 0.25) is 0 Å². The number of para-hydroxylation sites is 1.